The smallest absolute Gasteiger partial charge is 1.00 e. The number of methoxy groups -OCH3 is 1. The average molecular weight is 2030 g/mol. The zero-order valence-corrected chi connectivity index (χ0v) is 86.5. The van der Waals surface area contributed by atoms with Crippen molar-refractivity contribution in [2.45, 2.75) is 176 Å². The van der Waals surface area contributed by atoms with E-state index in [1.165, 1.54) is 118 Å². The van der Waals surface area contributed by atoms with Crippen molar-refractivity contribution in [1.82, 2.24) is 46.9 Å². The first kappa shape index (κ1) is 128. The third-order valence-corrected chi connectivity index (χ3v) is 24.9. The number of aliphatic hydroxyl groups is 1. The number of nitrogens with zero attached hydrogens (tertiary/aromatic N) is 10. The largest absolute Gasteiger partial charge is 2.00 e. The summed E-state index contributed by atoms with van der Waals surface area (Å²) in [6, 6.07) is 32.8. The molecule has 47 heteroatoms. The third-order valence-electron chi connectivity index (χ3n) is 14.8. The number of nitrogens with one attached hydrogen (secondary N) is 1. The second kappa shape index (κ2) is 68.8. The van der Waals surface area contributed by atoms with Crippen LogP contribution in [0.4, 0.5) is 0 Å². The van der Waals surface area contributed by atoms with Gasteiger partial charge in [-0.15, -0.1) is 46.4 Å². The van der Waals surface area contributed by atoms with Crippen LogP contribution in [0.3, 0.4) is 0 Å². The molecule has 2 saturated heterocycles. The van der Waals surface area contributed by atoms with E-state index in [0.717, 1.165) is 89.0 Å². The van der Waals surface area contributed by atoms with Gasteiger partial charge in [-0.3, -0.25) is 10.2 Å². The van der Waals surface area contributed by atoms with E-state index in [1.807, 2.05) is 95.5 Å². The molecule has 2 fully saturated rings. The summed E-state index contributed by atoms with van der Waals surface area (Å²) >= 11 is 19.1. The Hall–Kier alpha value is -6.22. The Morgan fingerprint density at radius 1 is 0.516 bits per heavy atom. The molecule has 692 valence electrons. The van der Waals surface area contributed by atoms with E-state index >= 15 is 0 Å². The van der Waals surface area contributed by atoms with Crippen LogP contribution in [0.2, 0.25) is 0 Å². The van der Waals surface area contributed by atoms with E-state index in [-0.39, 0.29) is 125 Å². The summed E-state index contributed by atoms with van der Waals surface area (Å²) in [6.07, 6.45) is 23.7. The molecule has 0 spiro atoms. The van der Waals surface area contributed by atoms with Gasteiger partial charge < -0.3 is 40.1 Å². The van der Waals surface area contributed by atoms with Crippen molar-refractivity contribution >= 4 is 170 Å². The van der Waals surface area contributed by atoms with Gasteiger partial charge in [0, 0.05) is 73.0 Å². The van der Waals surface area contributed by atoms with Crippen molar-refractivity contribution in [2.75, 3.05) is 44.2 Å². The maximum atomic E-state index is 12.5. The van der Waals surface area contributed by atoms with Gasteiger partial charge in [-0.2, -0.15) is 106 Å². The van der Waals surface area contributed by atoms with Crippen LogP contribution >= 0.6 is 57.1 Å². The predicted molar refractivity (Wildman–Crippen MR) is 487 cm³/mol. The Morgan fingerprint density at radius 3 is 1.02 bits per heavy atom. The first-order valence-corrected chi connectivity index (χ1v) is 49.1. The first-order valence-electron chi connectivity index (χ1n) is 36.6. The summed E-state index contributed by atoms with van der Waals surface area (Å²) in [5.74, 6) is 0.403. The second-order valence-corrected chi connectivity index (χ2v) is 41.5. The number of hydrogen-bond acceptors (Lipinski definition) is 25. The molecule has 0 radical (unpaired) electrons. The number of aromatic amines is 1. The van der Waals surface area contributed by atoms with Gasteiger partial charge in [0.1, 0.15) is 11.0 Å². The molecular formula is C79H109Cl6MgN12NaO20S7. The van der Waals surface area contributed by atoms with E-state index in [0.29, 0.717) is 16.9 Å². The third kappa shape index (κ3) is 52.0. The van der Waals surface area contributed by atoms with Crippen molar-refractivity contribution in [1.29, 1.82) is 0 Å². The van der Waals surface area contributed by atoms with Crippen LogP contribution in [0.15, 0.2) is 212 Å². The van der Waals surface area contributed by atoms with Gasteiger partial charge in [-0.25, -0.2) is 16.8 Å². The number of aromatic nitrogens is 10. The van der Waals surface area contributed by atoms with E-state index in [4.69, 9.17) is 101 Å². The van der Waals surface area contributed by atoms with Gasteiger partial charge in [0.15, 0.2) is 5.75 Å². The molecule has 2 atom stereocenters. The number of H-pyrrole nitrogens is 1. The SMILES string of the molecule is C1CCOC1.C1CCOC1.CC(C)(C)[S@](N)=O.CCc1cn[nH]c1.CCc1cnn(S(=O)(=O)c2ccc(C)cc2)c1.COc1cnn(S(=O)(=O)c2ccc(C)cc2)c1.Cc1ccc(S(=O)(=O)Cl)cc1.Cc1ccc(S(=O)(=O)n2cc(C=N[S@](=O)C(C)(C)C)cn2)cc1.Cc1ccc(S(=O)(=O)n2cc(CO)cn2)cc1.ClCCl.ClCCl.O=C=O.O=C=O.[CH2-]C.[Cl-].[H-].[Mg+2].[Na+]. The van der Waals surface area contributed by atoms with Crippen LogP contribution in [0, 0.1) is 41.5 Å². The topological polar surface area (TPSA) is 459 Å². The number of alkyl halides is 4. The van der Waals surface area contributed by atoms with Crippen LogP contribution in [0.25, 0.3) is 0 Å². The monoisotopic (exact) mass is 2030 g/mol. The van der Waals surface area contributed by atoms with Gasteiger partial charge >= 0.3 is 64.9 Å². The van der Waals surface area contributed by atoms with Gasteiger partial charge in [0.25, 0.3) is 49.1 Å². The number of benzene rings is 5. The number of carbonyl (C=O) groups excluding carboxylic acids is 4. The number of hydrogen-bond donors (Lipinski definition) is 3. The average Bonchev–Trinajstić information content (AvgIpc) is 1.68. The molecule has 0 bridgehead atoms. The Kier molecular flexibility index (Phi) is 70.0. The van der Waals surface area contributed by atoms with Crippen molar-refractivity contribution in [3.63, 3.8) is 0 Å². The fourth-order valence-electron chi connectivity index (χ4n) is 7.98. The summed E-state index contributed by atoms with van der Waals surface area (Å²) in [5, 5.41) is 36.0. The fraction of sp³-hybridized carbons (Fsp3) is 0.380. The molecule has 12 rings (SSSR count). The van der Waals surface area contributed by atoms with Gasteiger partial charge in [0.05, 0.1) is 113 Å². The zero-order chi connectivity index (χ0) is 94.2. The molecule has 5 aromatic heterocycles. The molecule has 0 unspecified atom stereocenters. The summed E-state index contributed by atoms with van der Waals surface area (Å²) in [7, 11) is -14.1. The number of halogens is 6. The van der Waals surface area contributed by atoms with E-state index in [9.17, 15) is 50.5 Å². The van der Waals surface area contributed by atoms with Crippen molar-refractivity contribution in [3.8, 4) is 5.75 Å². The predicted octanol–water partition coefficient (Wildman–Crippen LogP) is 7.81. The molecule has 126 heavy (non-hydrogen) atoms. The van der Waals surface area contributed by atoms with Crippen LogP contribution in [-0.2, 0) is 119 Å². The van der Waals surface area contributed by atoms with E-state index in [1.54, 1.807) is 104 Å². The first-order chi connectivity index (χ1) is 57.7. The quantitative estimate of drug-likeness (QED) is 0.0289. The number of nitrogens with two attached hydrogens (primary N) is 1. The summed E-state index contributed by atoms with van der Waals surface area (Å²) < 4.78 is 163. The van der Waals surface area contributed by atoms with Crippen LogP contribution in [0.5, 0.6) is 5.75 Å². The Bertz CT molecular complexity index is 5070. The summed E-state index contributed by atoms with van der Waals surface area (Å²) in [6.45, 7) is 33.2. The van der Waals surface area contributed by atoms with Crippen LogP contribution in [0.1, 0.15) is 139 Å². The van der Waals surface area contributed by atoms with Crippen molar-refractivity contribution < 1.29 is 132 Å². The molecule has 32 nitrogen and oxygen atoms in total. The molecule has 10 aromatic rings. The van der Waals surface area contributed by atoms with Gasteiger partial charge in [0.2, 0.25) is 0 Å². The molecule has 4 N–H and O–H groups in total. The van der Waals surface area contributed by atoms with Crippen LogP contribution < -0.4 is 51.8 Å². The Labute approximate surface area is 816 Å². The van der Waals surface area contributed by atoms with Crippen molar-refractivity contribution in [2.24, 2.45) is 9.54 Å². The van der Waals surface area contributed by atoms with E-state index < -0.39 is 75.9 Å². The molecule has 2 aliphatic rings. The minimum atomic E-state index is -3.73. The molecule has 0 saturated carbocycles. The number of aryl methyl sites for hydroxylation is 7. The molecular weight excluding hydrogens is 1920 g/mol. The molecule has 2 aliphatic heterocycles. The zero-order valence-electron chi connectivity index (χ0n) is 73.9. The maximum Gasteiger partial charge on any atom is 2.00 e. The molecule has 5 aromatic carbocycles. The normalized spacial score (nSPS) is 12.1. The molecule has 0 amide bonds. The van der Waals surface area contributed by atoms with Crippen LogP contribution in [-0.4, -0.2) is 198 Å². The molecule has 0 aliphatic carbocycles. The minimum absolute atomic E-state index is 0. The standard InChI is InChI=1S/C15H19N3O3S2.C12H14N2O2S.2C11H12N2O3S.C7H7ClO2S.C5H8N2.C4H11NOS.2C4H8O.C2H5.2CH2Cl2.2CO2.ClH.Mg.Na.H/c1-12-5-7-14(8-6-12)23(20,21)18-11-13(9-16-18)10-17-22(19)15(2,3)4;1-3-11-8-13-14(9-11)17(15,16)12-6-4-10(2)5-7-12;1-9-3-5-11(6-4-9)17(14,15)13-8-10(16-2)7-12-13;1-9-2-4-11(5-3-9)17(15,16)13-7-10(8-14)6-12-13;1-6-2-4-7(5-3-6)11(8,9)10;1-2-5-3-6-7-4-5;1-4(2,3)7(5)6;2*1-2-4-5-3-1;1-2;4*2-1-3;;;;/h5-11H,1-4H3;4-9H,3H2,1-2H3;3-8H,1-2H3;2-7,14H,8H2,1H3;2-5H,1H3;3-4H,2H2,1H3,(H,6,7);5H2,1-3H3;2*1-4H2;1H2,2H3;2*1H2;;;1H;;;/q;;;;;;;;;-1;;;;;;+2;+1;-1/p-1/t22-;;;;;;7-;;;;;;;;;;;/m1.....1.........../s1. The fourth-order valence-corrected chi connectivity index (χ4v) is 13.8. The van der Waals surface area contributed by atoms with Gasteiger partial charge in [-0.05, 0) is 186 Å². The number of aliphatic hydroxyl groups excluding tert-OH is 1. The summed E-state index contributed by atoms with van der Waals surface area (Å²) in [4.78, 5) is 33.4. The number of rotatable bonds is 15. The number of ether oxygens (including phenoxy) is 3. The van der Waals surface area contributed by atoms with E-state index in [2.05, 4.69) is 48.8 Å². The van der Waals surface area contributed by atoms with Crippen molar-refractivity contribution in [3.05, 3.63) is 240 Å². The minimum Gasteiger partial charge on any atom is -1.00 e. The Morgan fingerprint density at radius 2 is 0.794 bits per heavy atom. The molecule has 7 heterocycles. The summed E-state index contributed by atoms with van der Waals surface area (Å²) in [5.41, 5.74) is 8.09. The second-order valence-electron chi connectivity index (χ2n) is 26.3. The van der Waals surface area contributed by atoms with Gasteiger partial charge in [-0.1, -0.05) is 102 Å². The Balaban J connectivity index is -0.000000326. The maximum absolute atomic E-state index is 12.5.